The molecule has 2 aliphatic carbocycles. The number of imide groups is 1. The molecular formula is C22H26N4O5. The number of aromatic nitrogens is 2. The van der Waals surface area contributed by atoms with E-state index in [2.05, 4.69) is 10.1 Å². The molecule has 2 atom stereocenters. The largest absolute Gasteiger partial charge is 0.497 e. The summed E-state index contributed by atoms with van der Waals surface area (Å²) in [7, 11) is 3.16. The Morgan fingerprint density at radius 2 is 1.74 bits per heavy atom. The Hall–Kier alpha value is -3.10. The first kappa shape index (κ1) is 19.8. The fraction of sp³-hybridized carbons (Fsp3) is 0.545. The number of fused-ring (bicyclic) bond motifs is 1. The molecule has 2 saturated carbocycles. The third-order valence-corrected chi connectivity index (χ3v) is 6.43. The van der Waals surface area contributed by atoms with Crippen LogP contribution >= 0.6 is 0 Å². The third-order valence-electron chi connectivity index (χ3n) is 6.43. The van der Waals surface area contributed by atoms with Gasteiger partial charge in [0.1, 0.15) is 18.0 Å². The van der Waals surface area contributed by atoms with Crippen molar-refractivity contribution in [2.24, 2.45) is 5.92 Å². The molecule has 5 rings (SSSR count). The number of methoxy groups -OCH3 is 2. The van der Waals surface area contributed by atoms with Gasteiger partial charge in [-0.05, 0) is 37.8 Å². The van der Waals surface area contributed by atoms with Gasteiger partial charge in [-0.3, -0.25) is 9.69 Å². The van der Waals surface area contributed by atoms with Crippen LogP contribution in [0.5, 0.6) is 11.5 Å². The Bertz CT molecular complexity index is 979. The van der Waals surface area contributed by atoms with E-state index in [1.165, 1.54) is 4.90 Å². The summed E-state index contributed by atoms with van der Waals surface area (Å²) in [6.07, 6.45) is 5.48. The molecule has 2 aromatic rings. The maximum atomic E-state index is 13.2. The van der Waals surface area contributed by atoms with Crippen molar-refractivity contribution in [3.05, 3.63) is 24.1 Å². The van der Waals surface area contributed by atoms with Crippen molar-refractivity contribution < 1.29 is 23.6 Å². The number of urea groups is 1. The van der Waals surface area contributed by atoms with Crippen molar-refractivity contribution in [2.45, 2.75) is 57.2 Å². The minimum atomic E-state index is -0.224. The lowest BCUT2D eigenvalue weighted by Crippen LogP contribution is -2.62. The summed E-state index contributed by atoms with van der Waals surface area (Å²) in [6, 6.07) is 5.09. The number of hydrogen-bond donors (Lipinski definition) is 0. The first-order chi connectivity index (χ1) is 15.1. The summed E-state index contributed by atoms with van der Waals surface area (Å²) in [6.45, 7) is 0.199. The molecule has 164 valence electrons. The summed E-state index contributed by atoms with van der Waals surface area (Å²) in [5, 5.41) is 4.10. The first-order valence-electron chi connectivity index (χ1n) is 10.8. The van der Waals surface area contributed by atoms with E-state index in [1.54, 1.807) is 37.3 Å². The number of carbonyl (C=O) groups excluding carboxylic acids is 2. The molecule has 1 saturated heterocycles. The van der Waals surface area contributed by atoms with Crippen LogP contribution in [0.15, 0.2) is 22.7 Å². The first-order valence-corrected chi connectivity index (χ1v) is 10.8. The van der Waals surface area contributed by atoms with Crippen molar-refractivity contribution in [1.29, 1.82) is 0 Å². The number of hydrogen-bond acceptors (Lipinski definition) is 7. The van der Waals surface area contributed by atoms with Gasteiger partial charge in [0.05, 0.1) is 20.1 Å². The molecular weight excluding hydrogens is 400 g/mol. The lowest BCUT2D eigenvalue weighted by Gasteiger charge is -2.46. The quantitative estimate of drug-likeness (QED) is 0.699. The Morgan fingerprint density at radius 3 is 2.42 bits per heavy atom. The van der Waals surface area contributed by atoms with E-state index in [4.69, 9.17) is 14.0 Å². The number of benzene rings is 1. The molecule has 3 aliphatic rings. The van der Waals surface area contributed by atoms with Gasteiger partial charge in [0, 0.05) is 23.7 Å². The average Bonchev–Trinajstić information content (AvgIpc) is 3.52. The Labute approximate surface area is 180 Å². The molecule has 2 heterocycles. The fourth-order valence-corrected chi connectivity index (χ4v) is 4.70. The van der Waals surface area contributed by atoms with Crippen LogP contribution in [0, 0.1) is 5.92 Å². The van der Waals surface area contributed by atoms with Gasteiger partial charge in [0.15, 0.2) is 0 Å². The number of nitrogens with zero attached hydrogens (tertiary/aromatic N) is 4. The minimum absolute atomic E-state index is 0.00291. The fourth-order valence-electron chi connectivity index (χ4n) is 4.70. The SMILES string of the molecule is COc1cc(OC)cc(-c2noc(CN3C(=O)N(C4CC4)C(=O)C4CCCCC43)n2)c1. The molecule has 31 heavy (non-hydrogen) atoms. The number of rotatable bonds is 6. The van der Waals surface area contributed by atoms with Crippen LogP contribution in [0.4, 0.5) is 4.79 Å². The second-order valence-electron chi connectivity index (χ2n) is 8.42. The monoisotopic (exact) mass is 426 g/mol. The van der Waals surface area contributed by atoms with E-state index in [0.717, 1.165) is 38.5 Å². The van der Waals surface area contributed by atoms with Gasteiger partial charge in [0.2, 0.25) is 17.6 Å². The molecule has 9 heteroatoms. The summed E-state index contributed by atoms with van der Waals surface area (Å²) >= 11 is 0. The van der Waals surface area contributed by atoms with Crippen LogP contribution in [-0.4, -0.2) is 58.2 Å². The smallest absolute Gasteiger partial charge is 0.327 e. The number of carbonyl (C=O) groups is 2. The molecule has 3 amide bonds. The molecule has 1 aromatic heterocycles. The number of amides is 3. The second-order valence-corrected chi connectivity index (χ2v) is 8.42. The van der Waals surface area contributed by atoms with Gasteiger partial charge < -0.3 is 18.9 Å². The predicted molar refractivity (Wildman–Crippen MR) is 109 cm³/mol. The van der Waals surface area contributed by atoms with Crippen LogP contribution in [0.2, 0.25) is 0 Å². The van der Waals surface area contributed by atoms with Gasteiger partial charge in [-0.15, -0.1) is 0 Å². The lowest BCUT2D eigenvalue weighted by molar-refractivity contribution is -0.141. The highest BCUT2D eigenvalue weighted by molar-refractivity contribution is 5.99. The maximum Gasteiger partial charge on any atom is 0.327 e. The normalized spacial score (nSPS) is 23.7. The molecule has 9 nitrogen and oxygen atoms in total. The van der Waals surface area contributed by atoms with Crippen molar-refractivity contribution in [3.63, 3.8) is 0 Å². The molecule has 0 spiro atoms. The van der Waals surface area contributed by atoms with Crippen LogP contribution in [0.1, 0.15) is 44.4 Å². The van der Waals surface area contributed by atoms with E-state index < -0.39 is 0 Å². The summed E-state index contributed by atoms with van der Waals surface area (Å²) in [5.74, 6) is 1.86. The zero-order valence-corrected chi connectivity index (χ0v) is 17.7. The molecule has 1 aliphatic heterocycles. The van der Waals surface area contributed by atoms with Crippen LogP contribution in [-0.2, 0) is 11.3 Å². The van der Waals surface area contributed by atoms with E-state index in [9.17, 15) is 9.59 Å². The topological polar surface area (TPSA) is 98.0 Å². The maximum absolute atomic E-state index is 13.2. The van der Waals surface area contributed by atoms with Gasteiger partial charge >= 0.3 is 6.03 Å². The molecule has 3 fully saturated rings. The van der Waals surface area contributed by atoms with Crippen molar-refractivity contribution in [1.82, 2.24) is 19.9 Å². The van der Waals surface area contributed by atoms with Gasteiger partial charge in [0.25, 0.3) is 0 Å². The Morgan fingerprint density at radius 1 is 1.03 bits per heavy atom. The van der Waals surface area contributed by atoms with Gasteiger partial charge in [-0.1, -0.05) is 18.0 Å². The predicted octanol–water partition coefficient (Wildman–Crippen LogP) is 3.24. The summed E-state index contributed by atoms with van der Waals surface area (Å²) < 4.78 is 16.1. The molecule has 0 radical (unpaired) electrons. The summed E-state index contributed by atoms with van der Waals surface area (Å²) in [4.78, 5) is 34.0. The van der Waals surface area contributed by atoms with E-state index >= 15 is 0 Å². The van der Waals surface area contributed by atoms with Gasteiger partial charge in [-0.2, -0.15) is 4.98 Å². The highest BCUT2D eigenvalue weighted by Crippen LogP contribution is 2.40. The second kappa shape index (κ2) is 7.86. The zero-order valence-electron chi connectivity index (χ0n) is 17.7. The van der Waals surface area contributed by atoms with Crippen molar-refractivity contribution >= 4 is 11.9 Å². The van der Waals surface area contributed by atoms with Gasteiger partial charge in [-0.25, -0.2) is 4.79 Å². The standard InChI is InChI=1S/C22H26N4O5/c1-29-15-9-13(10-16(11-15)30-2)20-23-19(31-24-20)12-25-18-6-4-3-5-17(18)21(27)26(22(25)28)14-7-8-14/h9-11,14,17-18H,3-8,12H2,1-2H3. The highest BCUT2D eigenvalue weighted by Gasteiger charge is 2.51. The van der Waals surface area contributed by atoms with E-state index in [1.807, 2.05) is 0 Å². The number of ether oxygens (including phenoxy) is 2. The van der Waals surface area contributed by atoms with Crippen molar-refractivity contribution in [2.75, 3.05) is 14.2 Å². The highest BCUT2D eigenvalue weighted by atomic mass is 16.5. The molecule has 0 N–H and O–H groups in total. The van der Waals surface area contributed by atoms with E-state index in [0.29, 0.717) is 28.8 Å². The minimum Gasteiger partial charge on any atom is -0.497 e. The van der Waals surface area contributed by atoms with Crippen molar-refractivity contribution in [3.8, 4) is 22.9 Å². The molecule has 2 unspecified atom stereocenters. The molecule has 1 aromatic carbocycles. The van der Waals surface area contributed by atoms with E-state index in [-0.39, 0.29) is 36.5 Å². The van der Waals surface area contributed by atoms with Crippen LogP contribution < -0.4 is 9.47 Å². The Balaban J connectivity index is 1.41. The summed E-state index contributed by atoms with van der Waals surface area (Å²) in [5.41, 5.74) is 0.696. The van der Waals surface area contributed by atoms with Crippen LogP contribution in [0.3, 0.4) is 0 Å². The Kier molecular flexibility index (Phi) is 5.03. The molecule has 0 bridgehead atoms. The third kappa shape index (κ3) is 3.62. The van der Waals surface area contributed by atoms with Crippen LogP contribution in [0.25, 0.3) is 11.4 Å². The average molecular weight is 426 g/mol. The lowest BCUT2D eigenvalue weighted by atomic mass is 9.81. The zero-order chi connectivity index (χ0) is 21.5.